The van der Waals surface area contributed by atoms with E-state index >= 15 is 0 Å². The Labute approximate surface area is 190 Å². The van der Waals surface area contributed by atoms with Gasteiger partial charge in [0.25, 0.3) is 0 Å². The first-order chi connectivity index (χ1) is 15.5. The first kappa shape index (κ1) is 22.6. The summed E-state index contributed by atoms with van der Waals surface area (Å²) in [5.74, 6) is 2.87. The molecule has 0 aliphatic carbocycles. The van der Waals surface area contributed by atoms with Crippen molar-refractivity contribution < 1.29 is 14.1 Å². The van der Waals surface area contributed by atoms with Gasteiger partial charge in [0, 0.05) is 44.2 Å². The van der Waals surface area contributed by atoms with Crippen molar-refractivity contribution in [3.8, 4) is 17.1 Å². The molecule has 1 amide bonds. The zero-order chi connectivity index (χ0) is 22.5. The number of methoxy groups -OCH3 is 1. The van der Waals surface area contributed by atoms with Gasteiger partial charge < -0.3 is 24.4 Å². The van der Waals surface area contributed by atoms with Crippen molar-refractivity contribution in [1.29, 1.82) is 0 Å². The van der Waals surface area contributed by atoms with Crippen molar-refractivity contribution in [2.75, 3.05) is 51.3 Å². The lowest BCUT2D eigenvalue weighted by Crippen LogP contribution is -2.42. The molecular formula is C24H35N5O3. The predicted octanol–water partition coefficient (Wildman–Crippen LogP) is 3.06. The molecule has 8 nitrogen and oxygen atoms in total. The smallest absolute Gasteiger partial charge is 0.324 e. The lowest BCUT2D eigenvalue weighted by atomic mass is 9.96. The first-order valence-corrected chi connectivity index (χ1v) is 11.7. The number of rotatable bonds is 8. The van der Waals surface area contributed by atoms with Gasteiger partial charge in [-0.1, -0.05) is 19.0 Å². The number of hydrogen-bond donors (Lipinski definition) is 1. The van der Waals surface area contributed by atoms with Crippen LogP contribution in [0.5, 0.6) is 5.75 Å². The van der Waals surface area contributed by atoms with Crippen LogP contribution in [0.25, 0.3) is 11.4 Å². The summed E-state index contributed by atoms with van der Waals surface area (Å²) in [6.45, 7) is 10.2. The first-order valence-electron chi connectivity index (χ1n) is 11.7. The zero-order valence-corrected chi connectivity index (χ0v) is 19.4. The van der Waals surface area contributed by atoms with Gasteiger partial charge in [-0.25, -0.2) is 0 Å². The van der Waals surface area contributed by atoms with Crippen LogP contribution in [-0.2, 0) is 4.79 Å². The summed E-state index contributed by atoms with van der Waals surface area (Å²) in [4.78, 5) is 21.8. The molecule has 2 fully saturated rings. The molecule has 2 aliphatic rings. The molecule has 2 saturated heterocycles. The summed E-state index contributed by atoms with van der Waals surface area (Å²) in [6.07, 6.45) is 2.78. The Bertz CT molecular complexity index is 874. The molecule has 1 aromatic carbocycles. The van der Waals surface area contributed by atoms with Gasteiger partial charge in [-0.05, 0) is 61.9 Å². The number of nitrogens with zero attached hydrogens (tertiary/aromatic N) is 4. The molecule has 0 radical (unpaired) electrons. The largest absolute Gasteiger partial charge is 0.497 e. The van der Waals surface area contributed by atoms with Crippen molar-refractivity contribution in [3.05, 3.63) is 24.3 Å². The lowest BCUT2D eigenvalue weighted by molar-refractivity contribution is -0.125. The molecule has 0 spiro atoms. The van der Waals surface area contributed by atoms with E-state index in [0.29, 0.717) is 23.7 Å². The molecule has 1 atom stereocenters. The highest BCUT2D eigenvalue weighted by molar-refractivity contribution is 5.79. The third-order valence-corrected chi connectivity index (χ3v) is 6.46. The quantitative estimate of drug-likeness (QED) is 0.674. The van der Waals surface area contributed by atoms with Crippen molar-refractivity contribution >= 4 is 11.9 Å². The number of carbonyl (C=O) groups is 1. The molecule has 0 saturated carbocycles. The lowest BCUT2D eigenvalue weighted by Gasteiger charge is -2.30. The average molecular weight is 442 g/mol. The Balaban J connectivity index is 1.22. The van der Waals surface area contributed by atoms with Crippen LogP contribution in [-0.4, -0.2) is 67.3 Å². The Morgan fingerprint density at radius 1 is 1.19 bits per heavy atom. The number of ether oxygens (including phenoxy) is 1. The summed E-state index contributed by atoms with van der Waals surface area (Å²) in [5, 5.41) is 7.33. The molecule has 2 aliphatic heterocycles. The van der Waals surface area contributed by atoms with E-state index in [9.17, 15) is 4.79 Å². The van der Waals surface area contributed by atoms with Crippen LogP contribution in [0.3, 0.4) is 0 Å². The molecule has 3 heterocycles. The number of aromatic nitrogens is 2. The highest BCUT2D eigenvalue weighted by atomic mass is 16.5. The highest BCUT2D eigenvalue weighted by Crippen LogP contribution is 2.26. The summed E-state index contributed by atoms with van der Waals surface area (Å²) in [7, 11) is 1.64. The van der Waals surface area contributed by atoms with Crippen LogP contribution in [0.2, 0.25) is 0 Å². The molecule has 8 heteroatoms. The molecule has 4 rings (SSSR count). The fraction of sp³-hybridized carbons (Fsp3) is 0.625. The molecule has 0 bridgehead atoms. The van der Waals surface area contributed by atoms with Gasteiger partial charge in [0.15, 0.2) is 0 Å². The van der Waals surface area contributed by atoms with Gasteiger partial charge >= 0.3 is 6.01 Å². The predicted molar refractivity (Wildman–Crippen MR) is 124 cm³/mol. The topological polar surface area (TPSA) is 83.7 Å². The number of benzene rings is 1. The van der Waals surface area contributed by atoms with E-state index in [1.807, 2.05) is 24.3 Å². The van der Waals surface area contributed by atoms with Gasteiger partial charge in [0.1, 0.15) is 5.75 Å². The third kappa shape index (κ3) is 5.59. The van der Waals surface area contributed by atoms with E-state index < -0.39 is 0 Å². The van der Waals surface area contributed by atoms with E-state index in [-0.39, 0.29) is 11.8 Å². The molecule has 1 unspecified atom stereocenters. The van der Waals surface area contributed by atoms with Crippen LogP contribution in [0, 0.1) is 17.8 Å². The van der Waals surface area contributed by atoms with Crippen molar-refractivity contribution in [2.24, 2.45) is 17.8 Å². The maximum atomic E-state index is 12.7. The number of hydrogen-bond acceptors (Lipinski definition) is 7. The van der Waals surface area contributed by atoms with Crippen LogP contribution in [0.4, 0.5) is 6.01 Å². The van der Waals surface area contributed by atoms with E-state index in [4.69, 9.17) is 9.26 Å². The van der Waals surface area contributed by atoms with Gasteiger partial charge in [-0.2, -0.15) is 4.98 Å². The van der Waals surface area contributed by atoms with Crippen LogP contribution < -0.4 is 15.0 Å². The van der Waals surface area contributed by atoms with Gasteiger partial charge in [-0.15, -0.1) is 0 Å². The monoisotopic (exact) mass is 441 g/mol. The van der Waals surface area contributed by atoms with Gasteiger partial charge in [0.05, 0.1) is 7.11 Å². The van der Waals surface area contributed by atoms with Crippen molar-refractivity contribution in [2.45, 2.75) is 33.1 Å². The second kappa shape index (κ2) is 10.3. The number of piperidine rings is 1. The van der Waals surface area contributed by atoms with E-state index in [2.05, 4.69) is 39.1 Å². The van der Waals surface area contributed by atoms with Crippen molar-refractivity contribution in [3.63, 3.8) is 0 Å². The Kier molecular flexibility index (Phi) is 7.29. The molecule has 174 valence electrons. The van der Waals surface area contributed by atoms with Gasteiger partial charge in [0.2, 0.25) is 11.7 Å². The third-order valence-electron chi connectivity index (χ3n) is 6.46. The molecule has 1 aromatic heterocycles. The number of carbonyl (C=O) groups excluding carboxylic acids is 1. The number of amides is 1. The van der Waals surface area contributed by atoms with Crippen molar-refractivity contribution in [1.82, 2.24) is 20.4 Å². The molecule has 32 heavy (non-hydrogen) atoms. The fourth-order valence-corrected chi connectivity index (χ4v) is 4.69. The Morgan fingerprint density at radius 2 is 1.94 bits per heavy atom. The normalized spacial score (nSPS) is 20.1. The minimum absolute atomic E-state index is 0.0587. The van der Waals surface area contributed by atoms with Crippen LogP contribution in [0.1, 0.15) is 33.1 Å². The van der Waals surface area contributed by atoms with Crippen LogP contribution >= 0.6 is 0 Å². The number of anilines is 1. The minimum Gasteiger partial charge on any atom is -0.497 e. The minimum atomic E-state index is 0.0587. The molecular weight excluding hydrogens is 406 g/mol. The highest BCUT2D eigenvalue weighted by Gasteiger charge is 2.29. The zero-order valence-electron chi connectivity index (χ0n) is 19.4. The van der Waals surface area contributed by atoms with Crippen LogP contribution in [0.15, 0.2) is 28.8 Å². The van der Waals surface area contributed by atoms with Gasteiger partial charge in [-0.3, -0.25) is 4.79 Å². The summed E-state index contributed by atoms with van der Waals surface area (Å²) in [6, 6.07) is 8.10. The van der Waals surface area contributed by atoms with E-state index in [1.165, 1.54) is 6.42 Å². The summed E-state index contributed by atoms with van der Waals surface area (Å²) >= 11 is 0. The SMILES string of the molecule is COc1ccc(-c2noc(N3CCC(C(=O)NCC4CCN(CC(C)C)C4)CC3)n2)cc1. The van der Waals surface area contributed by atoms with E-state index in [0.717, 1.165) is 63.4 Å². The van der Waals surface area contributed by atoms with E-state index in [1.54, 1.807) is 7.11 Å². The maximum Gasteiger partial charge on any atom is 0.324 e. The Morgan fingerprint density at radius 3 is 2.62 bits per heavy atom. The number of likely N-dealkylation sites (tertiary alicyclic amines) is 1. The molecule has 1 N–H and O–H groups in total. The Hall–Kier alpha value is -2.61. The maximum absolute atomic E-state index is 12.7. The molecule has 2 aromatic rings. The average Bonchev–Trinajstić information content (AvgIpc) is 3.47. The summed E-state index contributed by atoms with van der Waals surface area (Å²) in [5.41, 5.74) is 0.883. The number of nitrogens with one attached hydrogen (secondary N) is 1. The standard InChI is InChI=1S/C24H35N5O3/c1-17(2)15-28-11-8-18(16-28)14-25-23(30)20-9-12-29(13-10-20)24-26-22(27-32-24)19-4-6-21(31-3)7-5-19/h4-7,17-18,20H,8-16H2,1-3H3,(H,25,30). The second-order valence-electron chi connectivity index (χ2n) is 9.44. The fourth-order valence-electron chi connectivity index (χ4n) is 4.69. The summed E-state index contributed by atoms with van der Waals surface area (Å²) < 4.78 is 10.7. The second-order valence-corrected chi connectivity index (χ2v) is 9.44.